The minimum atomic E-state index is -0.817. The molecule has 7 heteroatoms. The number of hydrogen-bond acceptors (Lipinski definition) is 5. The third-order valence-corrected chi connectivity index (χ3v) is 4.57. The Hall–Kier alpha value is -3.61. The number of pyridine rings is 1. The van der Waals surface area contributed by atoms with E-state index >= 15 is 0 Å². The van der Waals surface area contributed by atoms with Crippen LogP contribution in [0.25, 0.3) is 33.7 Å². The molecule has 0 saturated carbocycles. The molecule has 3 aromatic heterocycles. The van der Waals surface area contributed by atoms with Crippen LogP contribution >= 0.6 is 0 Å². The van der Waals surface area contributed by atoms with Gasteiger partial charge in [-0.15, -0.1) is 0 Å². The van der Waals surface area contributed by atoms with Gasteiger partial charge in [0, 0.05) is 41.8 Å². The van der Waals surface area contributed by atoms with Crippen molar-refractivity contribution in [3.63, 3.8) is 0 Å². The van der Waals surface area contributed by atoms with E-state index in [0.29, 0.717) is 18.3 Å². The molecule has 30 heavy (non-hydrogen) atoms. The predicted octanol–water partition coefficient (Wildman–Crippen LogP) is 5.04. The number of nitrogens with zero attached hydrogens (tertiary/aromatic N) is 3. The highest BCUT2D eigenvalue weighted by Crippen LogP contribution is 2.33. The van der Waals surface area contributed by atoms with E-state index in [1.54, 1.807) is 6.20 Å². The fraction of sp³-hybridized carbons (Fsp3) is 0.261. The normalized spacial score (nSPS) is 11.7. The second kappa shape index (κ2) is 7.67. The Balaban J connectivity index is 1.75. The number of rotatable bonds is 6. The monoisotopic (exact) mass is 404 g/mol. The van der Waals surface area contributed by atoms with Crippen molar-refractivity contribution in [1.29, 1.82) is 0 Å². The molecule has 0 amide bonds. The predicted molar refractivity (Wildman–Crippen MR) is 116 cm³/mol. The van der Waals surface area contributed by atoms with E-state index in [1.807, 2.05) is 53.4 Å². The van der Waals surface area contributed by atoms with Crippen LogP contribution in [0.2, 0.25) is 0 Å². The van der Waals surface area contributed by atoms with E-state index in [-0.39, 0.29) is 12.0 Å². The van der Waals surface area contributed by atoms with Gasteiger partial charge in [-0.25, -0.2) is 9.97 Å². The second-order valence-corrected chi connectivity index (χ2v) is 8.26. The van der Waals surface area contributed by atoms with Gasteiger partial charge in [0.2, 0.25) is 5.89 Å². The van der Waals surface area contributed by atoms with E-state index in [0.717, 1.165) is 27.8 Å². The Morgan fingerprint density at radius 1 is 1.20 bits per heavy atom. The molecule has 0 aliphatic carbocycles. The van der Waals surface area contributed by atoms with E-state index < -0.39 is 5.97 Å². The van der Waals surface area contributed by atoms with Crippen molar-refractivity contribution in [2.45, 2.75) is 39.3 Å². The molecule has 7 nitrogen and oxygen atoms in total. The number of nitrogens with one attached hydrogen (secondary N) is 1. The third-order valence-electron chi connectivity index (χ3n) is 4.57. The average molecular weight is 404 g/mol. The summed E-state index contributed by atoms with van der Waals surface area (Å²) in [6.45, 7) is 6.63. The summed E-state index contributed by atoms with van der Waals surface area (Å²) in [5.74, 6) is 0.383. The summed E-state index contributed by atoms with van der Waals surface area (Å²) < 4.78 is 7.87. The number of carboxylic acid groups (broad SMARTS) is 1. The summed E-state index contributed by atoms with van der Waals surface area (Å²) in [7, 11) is 0. The van der Waals surface area contributed by atoms with Crippen molar-refractivity contribution in [2.75, 3.05) is 5.32 Å². The lowest BCUT2D eigenvalue weighted by Gasteiger charge is -2.22. The standard InChI is InChI=1S/C23H24N4O3/c1-23(2,3)26-21-17(22-25-18-6-4-5-7-19(18)30-22)12-16(13-24-21)15-8-10-27(14-15)11-9-20(28)29/h4-8,10,12-14H,9,11H2,1-3H3,(H,24,26)(H,28,29). The molecule has 3 heterocycles. The molecule has 0 saturated heterocycles. The zero-order valence-corrected chi connectivity index (χ0v) is 17.2. The van der Waals surface area contributed by atoms with Gasteiger partial charge in [0.15, 0.2) is 5.58 Å². The van der Waals surface area contributed by atoms with E-state index in [9.17, 15) is 4.79 Å². The number of oxazole rings is 1. The minimum Gasteiger partial charge on any atom is -0.481 e. The summed E-state index contributed by atoms with van der Waals surface area (Å²) in [4.78, 5) is 20.1. The van der Waals surface area contributed by atoms with Crippen LogP contribution in [0.5, 0.6) is 0 Å². The molecule has 0 fully saturated rings. The summed E-state index contributed by atoms with van der Waals surface area (Å²) >= 11 is 0. The van der Waals surface area contributed by atoms with Gasteiger partial charge in [-0.2, -0.15) is 0 Å². The molecule has 1 aromatic carbocycles. The van der Waals surface area contributed by atoms with E-state index in [2.05, 4.69) is 36.1 Å². The molecule has 0 unspecified atom stereocenters. The quantitative estimate of drug-likeness (QED) is 0.467. The molecule has 0 atom stereocenters. The summed E-state index contributed by atoms with van der Waals surface area (Å²) in [6.07, 6.45) is 5.68. The van der Waals surface area contributed by atoms with Crippen LogP contribution in [0.4, 0.5) is 5.82 Å². The van der Waals surface area contributed by atoms with Crippen molar-refractivity contribution in [2.24, 2.45) is 0 Å². The molecular weight excluding hydrogens is 380 g/mol. The van der Waals surface area contributed by atoms with Crippen LogP contribution in [0.3, 0.4) is 0 Å². The zero-order valence-electron chi connectivity index (χ0n) is 17.2. The lowest BCUT2D eigenvalue weighted by Crippen LogP contribution is -2.27. The maximum absolute atomic E-state index is 10.8. The number of hydrogen-bond donors (Lipinski definition) is 2. The van der Waals surface area contributed by atoms with Gasteiger partial charge >= 0.3 is 5.97 Å². The fourth-order valence-corrected chi connectivity index (χ4v) is 3.20. The zero-order chi connectivity index (χ0) is 21.3. The fourth-order valence-electron chi connectivity index (χ4n) is 3.20. The average Bonchev–Trinajstić information content (AvgIpc) is 3.32. The van der Waals surface area contributed by atoms with Crippen LogP contribution < -0.4 is 5.32 Å². The van der Waals surface area contributed by atoms with Gasteiger partial charge in [0.1, 0.15) is 11.3 Å². The SMILES string of the molecule is CC(C)(C)Nc1ncc(-c2ccn(CCC(=O)O)c2)cc1-c1nc2ccccc2o1. The van der Waals surface area contributed by atoms with Gasteiger partial charge in [-0.3, -0.25) is 4.79 Å². The number of carbonyl (C=O) groups is 1. The molecule has 0 spiro atoms. The lowest BCUT2D eigenvalue weighted by atomic mass is 10.1. The van der Waals surface area contributed by atoms with Crippen LogP contribution in [-0.4, -0.2) is 31.1 Å². The number of aryl methyl sites for hydroxylation is 1. The molecule has 154 valence electrons. The number of anilines is 1. The van der Waals surface area contributed by atoms with Crippen molar-refractivity contribution in [3.8, 4) is 22.6 Å². The second-order valence-electron chi connectivity index (χ2n) is 8.26. The van der Waals surface area contributed by atoms with Gasteiger partial charge in [-0.05, 0) is 45.0 Å². The topological polar surface area (TPSA) is 93.2 Å². The number of aliphatic carboxylic acids is 1. The Labute approximate surface area is 174 Å². The third kappa shape index (κ3) is 4.35. The first-order chi connectivity index (χ1) is 14.3. The van der Waals surface area contributed by atoms with Gasteiger partial charge < -0.3 is 19.4 Å². The maximum Gasteiger partial charge on any atom is 0.305 e. The Morgan fingerprint density at radius 3 is 2.73 bits per heavy atom. The van der Waals surface area contributed by atoms with Gasteiger partial charge in [0.05, 0.1) is 12.0 Å². The molecule has 0 bridgehead atoms. The molecular formula is C23H24N4O3. The Morgan fingerprint density at radius 2 is 2.00 bits per heavy atom. The van der Waals surface area contributed by atoms with E-state index in [4.69, 9.17) is 9.52 Å². The number of benzene rings is 1. The van der Waals surface area contributed by atoms with Gasteiger partial charge in [-0.1, -0.05) is 12.1 Å². The highest BCUT2D eigenvalue weighted by Gasteiger charge is 2.19. The molecule has 2 N–H and O–H groups in total. The first-order valence-corrected chi connectivity index (χ1v) is 9.81. The minimum absolute atomic E-state index is 0.0783. The first kappa shape index (κ1) is 19.7. The highest BCUT2D eigenvalue weighted by atomic mass is 16.4. The first-order valence-electron chi connectivity index (χ1n) is 9.81. The van der Waals surface area contributed by atoms with Crippen LogP contribution in [0.15, 0.2) is 59.4 Å². The highest BCUT2D eigenvalue weighted by molar-refractivity contribution is 5.81. The van der Waals surface area contributed by atoms with Crippen molar-refractivity contribution in [1.82, 2.24) is 14.5 Å². The summed E-state index contributed by atoms with van der Waals surface area (Å²) in [5, 5.41) is 12.3. The Kier molecular flexibility index (Phi) is 5.03. The van der Waals surface area contributed by atoms with Crippen LogP contribution in [-0.2, 0) is 11.3 Å². The van der Waals surface area contributed by atoms with Crippen molar-refractivity contribution < 1.29 is 14.3 Å². The number of carboxylic acids is 1. The largest absolute Gasteiger partial charge is 0.481 e. The van der Waals surface area contributed by atoms with E-state index in [1.165, 1.54) is 0 Å². The van der Waals surface area contributed by atoms with Crippen molar-refractivity contribution >= 4 is 22.9 Å². The van der Waals surface area contributed by atoms with Gasteiger partial charge in [0.25, 0.3) is 0 Å². The van der Waals surface area contributed by atoms with Crippen molar-refractivity contribution in [3.05, 3.63) is 55.0 Å². The molecule has 0 radical (unpaired) electrons. The summed E-state index contributed by atoms with van der Waals surface area (Å²) in [6, 6.07) is 11.6. The number of para-hydroxylation sites is 2. The molecule has 4 aromatic rings. The number of aromatic nitrogens is 3. The smallest absolute Gasteiger partial charge is 0.305 e. The summed E-state index contributed by atoms with van der Waals surface area (Å²) in [5.41, 5.74) is 3.96. The maximum atomic E-state index is 10.8. The van der Waals surface area contributed by atoms with Crippen LogP contribution in [0.1, 0.15) is 27.2 Å². The molecule has 4 rings (SSSR count). The molecule has 0 aliphatic heterocycles. The Bertz CT molecular complexity index is 1170. The van der Waals surface area contributed by atoms with Crippen LogP contribution in [0, 0.1) is 0 Å². The number of fused-ring (bicyclic) bond motifs is 1. The molecule has 0 aliphatic rings. The lowest BCUT2D eigenvalue weighted by molar-refractivity contribution is -0.137.